The van der Waals surface area contributed by atoms with Gasteiger partial charge in [-0.2, -0.15) is 0 Å². The van der Waals surface area contributed by atoms with Crippen molar-refractivity contribution in [2.45, 2.75) is 19.4 Å². The van der Waals surface area contributed by atoms with Crippen molar-refractivity contribution in [1.29, 1.82) is 0 Å². The molecule has 1 amide bonds. The maximum absolute atomic E-state index is 14.3. The highest BCUT2D eigenvalue weighted by Gasteiger charge is 2.25. The molecule has 9 heteroatoms. The van der Waals surface area contributed by atoms with Gasteiger partial charge in [0.1, 0.15) is 17.4 Å². The Balaban J connectivity index is 1.91. The predicted octanol–water partition coefficient (Wildman–Crippen LogP) is 3.33. The van der Waals surface area contributed by atoms with E-state index < -0.39 is 23.6 Å². The number of amides is 1. The van der Waals surface area contributed by atoms with Crippen molar-refractivity contribution in [3.05, 3.63) is 53.7 Å². The van der Waals surface area contributed by atoms with Gasteiger partial charge in [-0.3, -0.25) is 9.78 Å². The molecule has 0 radical (unpaired) electrons. The van der Waals surface area contributed by atoms with Crippen LogP contribution in [0.4, 0.5) is 25.8 Å². The number of aliphatic hydroxyl groups is 1. The summed E-state index contributed by atoms with van der Waals surface area (Å²) in [7, 11) is 0. The third-order valence-corrected chi connectivity index (χ3v) is 5.21. The Labute approximate surface area is 177 Å². The average molecular weight is 428 g/mol. The topological polar surface area (TPSA) is 101 Å². The first-order valence-corrected chi connectivity index (χ1v) is 9.91. The minimum absolute atomic E-state index is 0.0107. The molecule has 1 atom stereocenters. The van der Waals surface area contributed by atoms with Crippen LogP contribution in [0.15, 0.2) is 36.5 Å². The highest BCUT2D eigenvalue weighted by Crippen LogP contribution is 2.39. The lowest BCUT2D eigenvalue weighted by Crippen LogP contribution is -2.22. The Bertz CT molecular complexity index is 1160. The van der Waals surface area contributed by atoms with Crippen molar-refractivity contribution in [3.8, 4) is 5.75 Å². The quantitative estimate of drug-likeness (QED) is 0.557. The molecule has 2 heterocycles. The number of hydrogen-bond donors (Lipinski definition) is 3. The van der Waals surface area contributed by atoms with Crippen LogP contribution in [0.2, 0.25) is 0 Å². The lowest BCUT2D eigenvalue weighted by Gasteiger charge is -2.23. The maximum Gasteiger partial charge on any atom is 0.252 e. The fraction of sp³-hybridized carbons (Fsp3) is 0.273. The summed E-state index contributed by atoms with van der Waals surface area (Å²) in [4.78, 5) is 18.4. The van der Waals surface area contributed by atoms with Gasteiger partial charge in [0.05, 0.1) is 40.9 Å². The highest BCUT2D eigenvalue weighted by molar-refractivity contribution is 6.08. The van der Waals surface area contributed by atoms with Gasteiger partial charge < -0.3 is 25.8 Å². The molecule has 1 unspecified atom stereocenters. The molecular formula is C22H22F2N4O3. The minimum atomic E-state index is -0.811. The first kappa shape index (κ1) is 20.8. The molecule has 162 valence electrons. The second-order valence-electron chi connectivity index (χ2n) is 7.32. The van der Waals surface area contributed by atoms with Gasteiger partial charge in [0.15, 0.2) is 0 Å². The van der Waals surface area contributed by atoms with Crippen LogP contribution < -0.4 is 20.7 Å². The molecule has 1 aromatic heterocycles. The molecule has 0 saturated carbocycles. The van der Waals surface area contributed by atoms with Crippen LogP contribution >= 0.6 is 0 Å². The molecule has 3 aromatic rings. The average Bonchev–Trinajstić information content (AvgIpc) is 3.15. The number of anilines is 3. The predicted molar refractivity (Wildman–Crippen MR) is 114 cm³/mol. The molecule has 0 aliphatic carbocycles. The van der Waals surface area contributed by atoms with E-state index in [1.807, 2.05) is 11.8 Å². The summed E-state index contributed by atoms with van der Waals surface area (Å²) in [5.74, 6) is -1.68. The Morgan fingerprint density at radius 2 is 2.16 bits per heavy atom. The number of rotatable bonds is 6. The van der Waals surface area contributed by atoms with E-state index in [1.165, 1.54) is 12.3 Å². The first-order valence-electron chi connectivity index (χ1n) is 9.91. The zero-order valence-corrected chi connectivity index (χ0v) is 16.9. The number of carbonyl (C=O) groups excluding carboxylic acids is 1. The molecule has 4 N–H and O–H groups in total. The zero-order chi connectivity index (χ0) is 22.1. The van der Waals surface area contributed by atoms with E-state index in [1.54, 1.807) is 12.1 Å². The van der Waals surface area contributed by atoms with E-state index >= 15 is 0 Å². The minimum Gasteiger partial charge on any atom is -0.492 e. The third kappa shape index (κ3) is 4.09. The second kappa shape index (κ2) is 8.35. The number of fused-ring (bicyclic) bond motifs is 1. The van der Waals surface area contributed by atoms with Gasteiger partial charge in [-0.25, -0.2) is 8.78 Å². The van der Waals surface area contributed by atoms with Gasteiger partial charge in [-0.05, 0) is 31.5 Å². The fourth-order valence-electron chi connectivity index (χ4n) is 3.73. The van der Waals surface area contributed by atoms with Crippen LogP contribution in [-0.4, -0.2) is 41.8 Å². The summed E-state index contributed by atoms with van der Waals surface area (Å²) in [6.07, 6.45) is 1.48. The molecule has 1 saturated heterocycles. The number of nitrogens with zero attached hydrogens (tertiary/aromatic N) is 2. The number of benzene rings is 2. The molecule has 7 nitrogen and oxygen atoms in total. The number of carbonyl (C=O) groups is 1. The third-order valence-electron chi connectivity index (χ3n) is 5.21. The maximum atomic E-state index is 14.3. The number of nitrogens with one attached hydrogen (secondary N) is 1. The SMILES string of the molecule is CCOc1cc2ncc(C(N)=O)c(Nc3ccc(F)cc3F)c2cc1N1CCC(O)C1. The Morgan fingerprint density at radius 3 is 2.81 bits per heavy atom. The van der Waals surface area contributed by atoms with Crippen LogP contribution in [0.5, 0.6) is 5.75 Å². The van der Waals surface area contributed by atoms with Crippen LogP contribution in [0.25, 0.3) is 10.9 Å². The number of ether oxygens (including phenoxy) is 1. The summed E-state index contributed by atoms with van der Waals surface area (Å²) >= 11 is 0. The number of primary amides is 1. The van der Waals surface area contributed by atoms with Gasteiger partial charge in [0.25, 0.3) is 5.91 Å². The fourth-order valence-corrected chi connectivity index (χ4v) is 3.73. The highest BCUT2D eigenvalue weighted by atomic mass is 19.1. The number of β-amino-alcohol motifs (C(OH)–C–C–N with tert-alkyl or cyclic N) is 1. The van der Waals surface area contributed by atoms with Crippen molar-refractivity contribution in [2.75, 3.05) is 29.9 Å². The summed E-state index contributed by atoms with van der Waals surface area (Å²) < 4.78 is 33.4. The normalized spacial score (nSPS) is 16.0. The van der Waals surface area contributed by atoms with Gasteiger partial charge in [-0.1, -0.05) is 0 Å². The number of aromatic nitrogens is 1. The van der Waals surface area contributed by atoms with Crippen molar-refractivity contribution in [3.63, 3.8) is 0 Å². The number of aliphatic hydroxyl groups excluding tert-OH is 1. The molecule has 2 aromatic carbocycles. The van der Waals surface area contributed by atoms with Crippen molar-refractivity contribution >= 4 is 33.9 Å². The van der Waals surface area contributed by atoms with E-state index in [0.29, 0.717) is 42.8 Å². The van der Waals surface area contributed by atoms with E-state index in [-0.39, 0.29) is 16.9 Å². The van der Waals surface area contributed by atoms with E-state index in [2.05, 4.69) is 10.3 Å². The van der Waals surface area contributed by atoms with Crippen LogP contribution in [0.3, 0.4) is 0 Å². The second-order valence-corrected chi connectivity index (χ2v) is 7.32. The molecule has 1 aliphatic rings. The molecule has 4 rings (SSSR count). The Hall–Kier alpha value is -3.46. The van der Waals surface area contributed by atoms with Gasteiger partial charge >= 0.3 is 0 Å². The smallest absolute Gasteiger partial charge is 0.252 e. The van der Waals surface area contributed by atoms with Crippen molar-refractivity contribution in [1.82, 2.24) is 4.98 Å². The van der Waals surface area contributed by atoms with E-state index in [0.717, 1.165) is 17.8 Å². The van der Waals surface area contributed by atoms with Gasteiger partial charge in [-0.15, -0.1) is 0 Å². The zero-order valence-electron chi connectivity index (χ0n) is 16.9. The molecular weight excluding hydrogens is 406 g/mol. The molecule has 31 heavy (non-hydrogen) atoms. The Morgan fingerprint density at radius 1 is 1.35 bits per heavy atom. The summed E-state index contributed by atoms with van der Waals surface area (Å²) in [5.41, 5.74) is 7.07. The largest absolute Gasteiger partial charge is 0.492 e. The lowest BCUT2D eigenvalue weighted by molar-refractivity contribution is 0.100. The summed E-state index contributed by atoms with van der Waals surface area (Å²) in [6.45, 7) is 3.36. The van der Waals surface area contributed by atoms with Crippen molar-refractivity contribution < 1.29 is 23.4 Å². The lowest BCUT2D eigenvalue weighted by atomic mass is 10.1. The molecule has 1 fully saturated rings. The number of pyridine rings is 1. The molecule has 1 aliphatic heterocycles. The van der Waals surface area contributed by atoms with Gasteiger partial charge in [0.2, 0.25) is 0 Å². The summed E-state index contributed by atoms with van der Waals surface area (Å²) in [6, 6.07) is 6.62. The summed E-state index contributed by atoms with van der Waals surface area (Å²) in [5, 5.41) is 13.4. The first-order chi connectivity index (χ1) is 14.9. The number of hydrogen-bond acceptors (Lipinski definition) is 6. The van der Waals surface area contributed by atoms with E-state index in [9.17, 15) is 18.7 Å². The number of nitrogens with two attached hydrogens (primary N) is 1. The van der Waals surface area contributed by atoms with Crippen LogP contribution in [0.1, 0.15) is 23.7 Å². The monoisotopic (exact) mass is 428 g/mol. The van der Waals surface area contributed by atoms with E-state index in [4.69, 9.17) is 10.5 Å². The Kier molecular flexibility index (Phi) is 5.60. The van der Waals surface area contributed by atoms with Crippen molar-refractivity contribution in [2.24, 2.45) is 5.73 Å². The molecule has 0 bridgehead atoms. The van der Waals surface area contributed by atoms with Crippen LogP contribution in [0, 0.1) is 11.6 Å². The number of halogens is 2. The molecule has 0 spiro atoms. The van der Waals surface area contributed by atoms with Gasteiger partial charge in [0, 0.05) is 36.8 Å². The standard InChI is InChI=1S/C22H22F2N4O3/c1-2-31-20-9-18-14(8-19(20)28-6-5-13(29)11-28)21(15(10-26-18)22(25)30)27-17-4-3-12(23)7-16(17)24/h3-4,7-10,13,29H,2,5-6,11H2,1H3,(H2,25,30)(H,26,27). The van der Waals surface area contributed by atoms with Crippen LogP contribution in [-0.2, 0) is 0 Å².